The van der Waals surface area contributed by atoms with Gasteiger partial charge in [0.05, 0.1) is 22.7 Å². The Morgan fingerprint density at radius 2 is 1.94 bits per heavy atom. The lowest BCUT2D eigenvalue weighted by molar-refractivity contribution is -0.145. The molecule has 0 spiro atoms. The highest BCUT2D eigenvalue weighted by Gasteiger charge is 2.18. The van der Waals surface area contributed by atoms with E-state index in [9.17, 15) is 9.59 Å². The van der Waals surface area contributed by atoms with E-state index in [0.717, 1.165) is 10.6 Å². The van der Waals surface area contributed by atoms with Gasteiger partial charge in [-0.2, -0.15) is 4.98 Å². The van der Waals surface area contributed by atoms with Gasteiger partial charge in [-0.1, -0.05) is 29.4 Å². The van der Waals surface area contributed by atoms with E-state index in [-0.39, 0.29) is 18.9 Å². The lowest BCUT2D eigenvalue weighted by Gasteiger charge is -2.17. The van der Waals surface area contributed by atoms with Crippen molar-refractivity contribution < 1.29 is 18.8 Å². The van der Waals surface area contributed by atoms with Gasteiger partial charge in [-0.05, 0) is 23.6 Å². The standard InChI is InChI=1S/C21H18N4O4S2/c1-14(26)25(16-6-3-2-4-7-16)21-22-15(13-31-21)12-28-19(27)10-9-18-23-20(24-29-18)17-8-5-11-30-17/h2-8,11,13H,9-10,12H2,1H3. The molecule has 10 heteroatoms. The number of carbonyl (C=O) groups excluding carboxylic acids is 2. The molecule has 4 rings (SSSR count). The molecule has 1 aromatic carbocycles. The van der Waals surface area contributed by atoms with Gasteiger partial charge < -0.3 is 9.26 Å². The van der Waals surface area contributed by atoms with Crippen LogP contribution in [-0.2, 0) is 27.4 Å². The average Bonchev–Trinajstić information content (AvgIpc) is 3.53. The largest absolute Gasteiger partial charge is 0.459 e. The second kappa shape index (κ2) is 9.63. The van der Waals surface area contributed by atoms with E-state index in [4.69, 9.17) is 9.26 Å². The number of hydrogen-bond donors (Lipinski definition) is 0. The number of carbonyl (C=O) groups is 2. The Balaban J connectivity index is 1.30. The molecule has 4 aromatic rings. The van der Waals surface area contributed by atoms with Gasteiger partial charge in [0, 0.05) is 18.7 Å². The second-order valence-electron chi connectivity index (χ2n) is 6.46. The summed E-state index contributed by atoms with van der Waals surface area (Å²) in [7, 11) is 0. The molecule has 3 heterocycles. The van der Waals surface area contributed by atoms with E-state index >= 15 is 0 Å². The number of amides is 1. The summed E-state index contributed by atoms with van der Waals surface area (Å²) in [4.78, 5) is 35.4. The van der Waals surface area contributed by atoms with Crippen molar-refractivity contribution in [1.29, 1.82) is 0 Å². The van der Waals surface area contributed by atoms with E-state index in [1.807, 2.05) is 47.8 Å². The monoisotopic (exact) mass is 454 g/mol. The minimum absolute atomic E-state index is 0.0279. The van der Waals surface area contributed by atoms with Crippen molar-refractivity contribution in [2.75, 3.05) is 4.90 Å². The first-order valence-electron chi connectivity index (χ1n) is 9.42. The van der Waals surface area contributed by atoms with E-state index in [2.05, 4.69) is 15.1 Å². The van der Waals surface area contributed by atoms with Crippen molar-refractivity contribution in [2.45, 2.75) is 26.4 Å². The third-order valence-electron chi connectivity index (χ3n) is 4.19. The molecule has 0 saturated carbocycles. The van der Waals surface area contributed by atoms with Crippen LogP contribution in [0.15, 0.2) is 57.7 Å². The number of thiophene rings is 1. The number of rotatable bonds is 8. The zero-order chi connectivity index (χ0) is 21.6. The van der Waals surface area contributed by atoms with Crippen LogP contribution in [0.4, 0.5) is 10.8 Å². The first kappa shape index (κ1) is 20.9. The van der Waals surface area contributed by atoms with Gasteiger partial charge in [0.15, 0.2) is 5.13 Å². The Labute approximate surface area is 186 Å². The number of benzene rings is 1. The highest BCUT2D eigenvalue weighted by molar-refractivity contribution is 7.14. The molecule has 3 aromatic heterocycles. The van der Waals surface area contributed by atoms with Crippen LogP contribution in [-0.4, -0.2) is 27.0 Å². The highest BCUT2D eigenvalue weighted by atomic mass is 32.1. The predicted molar refractivity (Wildman–Crippen MR) is 117 cm³/mol. The maximum Gasteiger partial charge on any atom is 0.306 e. The van der Waals surface area contributed by atoms with Gasteiger partial charge in [-0.3, -0.25) is 14.5 Å². The maximum atomic E-state index is 12.1. The number of anilines is 2. The molecule has 158 valence electrons. The zero-order valence-electron chi connectivity index (χ0n) is 16.6. The summed E-state index contributed by atoms with van der Waals surface area (Å²) in [5.74, 6) is 0.362. The minimum atomic E-state index is -0.392. The smallest absolute Gasteiger partial charge is 0.306 e. The van der Waals surface area contributed by atoms with Gasteiger partial charge in [0.25, 0.3) is 0 Å². The molecular formula is C21H18N4O4S2. The molecule has 0 aliphatic rings. The fraction of sp³-hybridized carbons (Fsp3) is 0.190. The fourth-order valence-corrected chi connectivity index (χ4v) is 4.29. The van der Waals surface area contributed by atoms with E-state index in [1.165, 1.54) is 34.5 Å². The van der Waals surface area contributed by atoms with Crippen LogP contribution < -0.4 is 4.90 Å². The first-order valence-corrected chi connectivity index (χ1v) is 11.2. The Morgan fingerprint density at radius 1 is 1.10 bits per heavy atom. The molecule has 0 saturated heterocycles. The van der Waals surface area contributed by atoms with Gasteiger partial charge in [-0.15, -0.1) is 22.7 Å². The Kier molecular flexibility index (Phi) is 6.48. The number of para-hydroxylation sites is 1. The van der Waals surface area contributed by atoms with Crippen LogP contribution >= 0.6 is 22.7 Å². The van der Waals surface area contributed by atoms with Crippen molar-refractivity contribution >= 4 is 45.4 Å². The average molecular weight is 455 g/mol. The first-order chi connectivity index (χ1) is 15.1. The molecule has 8 nitrogen and oxygen atoms in total. The van der Waals surface area contributed by atoms with Crippen molar-refractivity contribution in [2.24, 2.45) is 0 Å². The molecule has 0 bridgehead atoms. The molecule has 0 atom stereocenters. The number of aryl methyl sites for hydroxylation is 1. The summed E-state index contributed by atoms with van der Waals surface area (Å²) >= 11 is 2.83. The SMILES string of the molecule is CC(=O)N(c1ccccc1)c1nc(COC(=O)CCc2nc(-c3cccs3)no2)cs1. The summed E-state index contributed by atoms with van der Waals surface area (Å²) in [6, 6.07) is 13.1. The van der Waals surface area contributed by atoms with Crippen LogP contribution in [0.2, 0.25) is 0 Å². The van der Waals surface area contributed by atoms with Crippen LogP contribution in [0, 0.1) is 0 Å². The number of ether oxygens (including phenoxy) is 1. The molecule has 1 amide bonds. The van der Waals surface area contributed by atoms with Crippen molar-refractivity contribution in [3.05, 3.63) is 64.8 Å². The lowest BCUT2D eigenvalue weighted by atomic mass is 10.3. The Morgan fingerprint density at radius 3 is 2.68 bits per heavy atom. The molecule has 0 aliphatic carbocycles. The van der Waals surface area contributed by atoms with E-state index < -0.39 is 5.97 Å². The summed E-state index contributed by atoms with van der Waals surface area (Å²) in [5.41, 5.74) is 1.31. The summed E-state index contributed by atoms with van der Waals surface area (Å²) < 4.78 is 10.5. The van der Waals surface area contributed by atoms with Gasteiger partial charge in [0.1, 0.15) is 6.61 Å². The molecule has 0 unspecified atom stereocenters. The number of thiazole rings is 1. The Hall–Kier alpha value is -3.37. The van der Waals surface area contributed by atoms with Crippen LogP contribution in [0.5, 0.6) is 0 Å². The van der Waals surface area contributed by atoms with Crippen molar-refractivity contribution in [3.8, 4) is 10.7 Å². The van der Waals surface area contributed by atoms with Gasteiger partial charge in [0.2, 0.25) is 17.6 Å². The maximum absolute atomic E-state index is 12.1. The normalized spacial score (nSPS) is 10.7. The van der Waals surface area contributed by atoms with E-state index in [0.29, 0.717) is 29.0 Å². The number of nitrogens with zero attached hydrogens (tertiary/aromatic N) is 4. The van der Waals surface area contributed by atoms with E-state index in [1.54, 1.807) is 5.38 Å². The lowest BCUT2D eigenvalue weighted by Crippen LogP contribution is -2.22. The minimum Gasteiger partial charge on any atom is -0.459 e. The van der Waals surface area contributed by atoms with Crippen LogP contribution in [0.3, 0.4) is 0 Å². The molecular weight excluding hydrogens is 436 g/mol. The van der Waals surface area contributed by atoms with Gasteiger partial charge >= 0.3 is 5.97 Å². The van der Waals surface area contributed by atoms with Crippen molar-refractivity contribution in [3.63, 3.8) is 0 Å². The third kappa shape index (κ3) is 5.22. The molecule has 0 radical (unpaired) electrons. The third-order valence-corrected chi connectivity index (χ3v) is 5.93. The summed E-state index contributed by atoms with van der Waals surface area (Å²) in [6.45, 7) is 1.51. The van der Waals surface area contributed by atoms with Crippen LogP contribution in [0.1, 0.15) is 24.9 Å². The molecule has 0 fully saturated rings. The van der Waals surface area contributed by atoms with Crippen LogP contribution in [0.25, 0.3) is 10.7 Å². The van der Waals surface area contributed by atoms with Crippen molar-refractivity contribution in [1.82, 2.24) is 15.1 Å². The summed E-state index contributed by atoms with van der Waals surface area (Å²) in [5, 5.41) is 8.15. The number of hydrogen-bond acceptors (Lipinski definition) is 9. The second-order valence-corrected chi connectivity index (χ2v) is 8.25. The quantitative estimate of drug-likeness (QED) is 0.358. The topological polar surface area (TPSA) is 98.4 Å². The highest BCUT2D eigenvalue weighted by Crippen LogP contribution is 2.29. The molecule has 31 heavy (non-hydrogen) atoms. The number of esters is 1. The fourth-order valence-electron chi connectivity index (χ4n) is 2.77. The molecule has 0 aliphatic heterocycles. The zero-order valence-corrected chi connectivity index (χ0v) is 18.2. The predicted octanol–water partition coefficient (Wildman–Crippen LogP) is 4.62. The summed E-state index contributed by atoms with van der Waals surface area (Å²) in [6.07, 6.45) is 0.415. The number of aromatic nitrogens is 3. The van der Waals surface area contributed by atoms with Gasteiger partial charge in [-0.25, -0.2) is 4.98 Å². The molecule has 0 N–H and O–H groups in total. The Bertz CT molecular complexity index is 1160.